The number of hydrogen-bond donors (Lipinski definition) is 1. The van der Waals surface area contributed by atoms with E-state index >= 15 is 0 Å². The van der Waals surface area contributed by atoms with Crippen LogP contribution >= 0.6 is 0 Å². The van der Waals surface area contributed by atoms with Crippen LogP contribution in [0.15, 0.2) is 54.6 Å². The summed E-state index contributed by atoms with van der Waals surface area (Å²) in [4.78, 5) is 12.2. The Morgan fingerprint density at radius 3 is 2.37 bits per heavy atom. The molecule has 146 valence electrons. The maximum atomic E-state index is 12.2. The fourth-order valence-corrected chi connectivity index (χ4v) is 3.50. The lowest BCUT2D eigenvalue weighted by Gasteiger charge is -2.19. The van der Waals surface area contributed by atoms with E-state index < -0.39 is 10.0 Å². The van der Waals surface area contributed by atoms with Gasteiger partial charge in [-0.2, -0.15) is 4.31 Å². The summed E-state index contributed by atoms with van der Waals surface area (Å²) in [5, 5.41) is 2.78. The Morgan fingerprint density at radius 2 is 1.70 bits per heavy atom. The molecule has 0 radical (unpaired) electrons. The fourth-order valence-electron chi connectivity index (χ4n) is 2.72. The number of rotatable bonds is 10. The topological polar surface area (TPSA) is 75.7 Å². The third kappa shape index (κ3) is 7.03. The second kappa shape index (κ2) is 10.1. The molecule has 0 saturated carbocycles. The molecule has 27 heavy (non-hydrogen) atoms. The van der Waals surface area contributed by atoms with E-state index in [9.17, 15) is 13.2 Å². The van der Waals surface area contributed by atoms with Gasteiger partial charge in [-0.3, -0.25) is 4.79 Å². The number of benzene rings is 2. The van der Waals surface area contributed by atoms with Crippen molar-refractivity contribution >= 4 is 15.9 Å². The van der Waals surface area contributed by atoms with Gasteiger partial charge in [-0.15, -0.1) is 0 Å². The third-order valence-electron chi connectivity index (χ3n) is 4.19. The van der Waals surface area contributed by atoms with E-state index in [0.29, 0.717) is 19.4 Å². The number of ether oxygens (including phenoxy) is 1. The van der Waals surface area contributed by atoms with Gasteiger partial charge in [0.25, 0.3) is 0 Å². The molecule has 1 amide bonds. The number of carbonyl (C=O) groups is 1. The number of hydrogen-bond acceptors (Lipinski definition) is 4. The van der Waals surface area contributed by atoms with Crippen LogP contribution < -0.4 is 10.1 Å². The Hall–Kier alpha value is -2.38. The minimum Gasteiger partial charge on any atom is -0.496 e. The molecule has 0 aliphatic rings. The highest BCUT2D eigenvalue weighted by atomic mass is 32.2. The Morgan fingerprint density at radius 1 is 1.04 bits per heavy atom. The third-order valence-corrected chi connectivity index (χ3v) is 5.44. The first kappa shape index (κ1) is 20.9. The maximum absolute atomic E-state index is 12.2. The van der Waals surface area contributed by atoms with Gasteiger partial charge in [0.1, 0.15) is 5.75 Å². The summed E-state index contributed by atoms with van der Waals surface area (Å²) in [6.07, 6.45) is 2.29. The molecule has 0 spiro atoms. The highest BCUT2D eigenvalue weighted by molar-refractivity contribution is 7.88. The van der Waals surface area contributed by atoms with Gasteiger partial charge in [0.05, 0.1) is 19.9 Å². The minimum atomic E-state index is -3.47. The first-order valence-corrected chi connectivity index (χ1v) is 10.6. The van der Waals surface area contributed by atoms with Crippen LogP contribution in [-0.4, -0.2) is 51.6 Å². The number of amides is 1. The van der Waals surface area contributed by atoms with E-state index in [1.165, 1.54) is 4.31 Å². The normalized spacial score (nSPS) is 11.4. The van der Waals surface area contributed by atoms with E-state index in [-0.39, 0.29) is 19.0 Å². The molecule has 1 N–H and O–H groups in total. The molecule has 0 unspecified atom stereocenters. The lowest BCUT2D eigenvalue weighted by molar-refractivity contribution is -0.121. The molecule has 0 bridgehead atoms. The molecule has 0 atom stereocenters. The van der Waals surface area contributed by atoms with Crippen LogP contribution in [0.4, 0.5) is 0 Å². The molecule has 6 nitrogen and oxygen atoms in total. The van der Waals surface area contributed by atoms with Crippen molar-refractivity contribution in [3.8, 4) is 5.75 Å². The van der Waals surface area contributed by atoms with Crippen molar-refractivity contribution in [1.29, 1.82) is 0 Å². The molecule has 0 saturated heterocycles. The quantitative estimate of drug-likeness (QED) is 0.672. The second-order valence-electron chi connectivity index (χ2n) is 6.24. The highest BCUT2D eigenvalue weighted by Gasteiger charge is 2.19. The summed E-state index contributed by atoms with van der Waals surface area (Å²) in [7, 11) is -1.86. The lowest BCUT2D eigenvalue weighted by atomic mass is 10.1. The second-order valence-corrected chi connectivity index (χ2v) is 8.23. The van der Waals surface area contributed by atoms with Gasteiger partial charge in [-0.1, -0.05) is 48.5 Å². The number of sulfonamides is 1. The Bertz CT molecular complexity index is 838. The number of methoxy groups -OCH3 is 1. The molecule has 0 aliphatic carbocycles. The zero-order valence-corrected chi connectivity index (χ0v) is 16.5. The Labute approximate surface area is 161 Å². The van der Waals surface area contributed by atoms with Crippen LogP contribution in [0.1, 0.15) is 11.1 Å². The average molecular weight is 391 g/mol. The molecule has 7 heteroatoms. The van der Waals surface area contributed by atoms with Gasteiger partial charge in [0.15, 0.2) is 0 Å². The van der Waals surface area contributed by atoms with Gasteiger partial charge in [-0.25, -0.2) is 8.42 Å². The molecule has 0 aliphatic heterocycles. The van der Waals surface area contributed by atoms with E-state index in [2.05, 4.69) is 5.32 Å². The first-order valence-electron chi connectivity index (χ1n) is 8.78. The zero-order chi connectivity index (χ0) is 19.7. The van der Waals surface area contributed by atoms with Crippen molar-refractivity contribution < 1.29 is 17.9 Å². The molecule has 2 rings (SSSR count). The van der Waals surface area contributed by atoms with Crippen molar-refractivity contribution in [3.63, 3.8) is 0 Å². The fraction of sp³-hybridized carbons (Fsp3) is 0.350. The van der Waals surface area contributed by atoms with Crippen LogP contribution in [0.5, 0.6) is 5.75 Å². The number of para-hydroxylation sites is 1. The van der Waals surface area contributed by atoms with Crippen molar-refractivity contribution in [2.24, 2.45) is 0 Å². The van der Waals surface area contributed by atoms with E-state index in [1.54, 1.807) is 7.11 Å². The van der Waals surface area contributed by atoms with Gasteiger partial charge < -0.3 is 10.1 Å². The van der Waals surface area contributed by atoms with Crippen LogP contribution in [0.25, 0.3) is 0 Å². The summed E-state index contributed by atoms with van der Waals surface area (Å²) in [5.41, 5.74) is 2.02. The van der Waals surface area contributed by atoms with Gasteiger partial charge >= 0.3 is 0 Å². The smallest absolute Gasteiger partial charge is 0.235 e. The van der Waals surface area contributed by atoms with Crippen LogP contribution in [0.2, 0.25) is 0 Å². The first-order chi connectivity index (χ1) is 12.9. The molecule has 0 heterocycles. The molecule has 2 aromatic rings. The average Bonchev–Trinajstić information content (AvgIpc) is 2.65. The zero-order valence-electron chi connectivity index (χ0n) is 15.7. The van der Waals surface area contributed by atoms with E-state index in [0.717, 1.165) is 23.1 Å². The number of nitrogens with zero attached hydrogens (tertiary/aromatic N) is 1. The summed E-state index contributed by atoms with van der Waals surface area (Å²) in [5.74, 6) is 0.454. The highest BCUT2D eigenvalue weighted by Crippen LogP contribution is 2.17. The van der Waals surface area contributed by atoms with Crippen molar-refractivity contribution in [3.05, 3.63) is 65.7 Å². The SMILES string of the molecule is COc1ccccc1CCNC(=O)CN(CCc1ccccc1)S(C)(=O)=O. The molecular weight excluding hydrogens is 364 g/mol. The predicted octanol–water partition coefficient (Wildman–Crippen LogP) is 1.86. The van der Waals surface area contributed by atoms with Crippen molar-refractivity contribution in [2.75, 3.05) is 33.0 Å². The standard InChI is InChI=1S/C20H26N2O4S/c1-26-19-11-7-6-10-18(19)12-14-21-20(23)16-22(27(2,24)25)15-13-17-8-4-3-5-9-17/h3-11H,12-16H2,1-2H3,(H,21,23). The largest absolute Gasteiger partial charge is 0.496 e. The molecular formula is C20H26N2O4S. The van der Waals surface area contributed by atoms with Gasteiger partial charge in [0, 0.05) is 13.1 Å². The van der Waals surface area contributed by atoms with Crippen molar-refractivity contribution in [2.45, 2.75) is 12.8 Å². The van der Waals surface area contributed by atoms with Gasteiger partial charge in [0.2, 0.25) is 15.9 Å². The monoisotopic (exact) mass is 390 g/mol. The van der Waals surface area contributed by atoms with Crippen LogP contribution in [0, 0.1) is 0 Å². The van der Waals surface area contributed by atoms with Crippen molar-refractivity contribution in [1.82, 2.24) is 9.62 Å². The summed E-state index contributed by atoms with van der Waals surface area (Å²) in [6.45, 7) is 0.496. The Kier molecular flexibility index (Phi) is 7.82. The summed E-state index contributed by atoms with van der Waals surface area (Å²) >= 11 is 0. The minimum absolute atomic E-state index is 0.183. The van der Waals surface area contributed by atoms with Gasteiger partial charge in [-0.05, 0) is 30.0 Å². The molecule has 0 fully saturated rings. The maximum Gasteiger partial charge on any atom is 0.235 e. The van der Waals surface area contributed by atoms with Crippen LogP contribution in [-0.2, 0) is 27.7 Å². The van der Waals surface area contributed by atoms with E-state index in [4.69, 9.17) is 4.74 Å². The van der Waals surface area contributed by atoms with Crippen LogP contribution in [0.3, 0.4) is 0 Å². The lowest BCUT2D eigenvalue weighted by Crippen LogP contribution is -2.41. The summed E-state index contributed by atoms with van der Waals surface area (Å²) in [6, 6.07) is 17.2. The summed E-state index contributed by atoms with van der Waals surface area (Å²) < 4.78 is 30.5. The molecule has 2 aromatic carbocycles. The predicted molar refractivity (Wildman–Crippen MR) is 106 cm³/mol. The number of carbonyl (C=O) groups excluding carboxylic acids is 1. The Balaban J connectivity index is 1.86. The van der Waals surface area contributed by atoms with E-state index in [1.807, 2.05) is 54.6 Å². The number of nitrogens with one attached hydrogen (secondary N) is 1. The molecule has 0 aromatic heterocycles.